The molecule has 0 heterocycles. The zero-order valence-corrected chi connectivity index (χ0v) is 9.38. The molecule has 4 heteroatoms. The molecule has 0 N–H and O–H groups in total. The molecule has 1 aromatic carbocycles. The van der Waals surface area contributed by atoms with Crippen LogP contribution in [0.5, 0.6) is 5.75 Å². The lowest BCUT2D eigenvalue weighted by atomic mass is 10.1. The minimum atomic E-state index is -0.152. The van der Waals surface area contributed by atoms with Crippen molar-refractivity contribution in [3.05, 3.63) is 27.7 Å². The van der Waals surface area contributed by atoms with Crippen LogP contribution in [-0.4, -0.2) is 12.9 Å². The van der Waals surface area contributed by atoms with Crippen LogP contribution in [0, 0.1) is 11.3 Å². The van der Waals surface area contributed by atoms with Crippen molar-refractivity contribution in [3.63, 3.8) is 0 Å². The number of hydrogen-bond donors (Lipinski definition) is 0. The van der Waals surface area contributed by atoms with Crippen LogP contribution in [0.3, 0.4) is 0 Å². The minimum absolute atomic E-state index is 0.152. The van der Waals surface area contributed by atoms with E-state index in [-0.39, 0.29) is 5.78 Å². The highest BCUT2D eigenvalue weighted by atomic mass is 79.9. The zero-order valence-electron chi connectivity index (χ0n) is 7.80. The Kier molecular flexibility index (Phi) is 3.26. The van der Waals surface area contributed by atoms with Crippen LogP contribution in [-0.2, 0) is 0 Å². The van der Waals surface area contributed by atoms with Crippen molar-refractivity contribution in [1.29, 1.82) is 5.26 Å². The number of methoxy groups -OCH3 is 1. The lowest BCUT2D eigenvalue weighted by Crippen LogP contribution is -1.99. The smallest absolute Gasteiger partial charge is 0.161 e. The maximum atomic E-state index is 11.2. The Labute approximate surface area is 90.4 Å². The molecule has 14 heavy (non-hydrogen) atoms. The van der Waals surface area contributed by atoms with Crippen LogP contribution in [0.25, 0.3) is 0 Å². The highest BCUT2D eigenvalue weighted by Crippen LogP contribution is 2.26. The number of rotatable bonds is 2. The third-order valence-electron chi connectivity index (χ3n) is 1.79. The molecule has 3 nitrogen and oxygen atoms in total. The fourth-order valence-electron chi connectivity index (χ4n) is 1.09. The van der Waals surface area contributed by atoms with Gasteiger partial charge in [-0.1, -0.05) is 0 Å². The number of carbonyl (C=O) groups excluding carboxylic acids is 1. The number of ether oxygens (including phenoxy) is 1. The average molecular weight is 254 g/mol. The second-order valence-corrected chi connectivity index (χ2v) is 3.55. The summed E-state index contributed by atoms with van der Waals surface area (Å²) in [6, 6.07) is 5.19. The Morgan fingerprint density at radius 2 is 2.21 bits per heavy atom. The van der Waals surface area contributed by atoms with Crippen LogP contribution in [0.15, 0.2) is 16.6 Å². The number of Topliss-reactive ketones (excluding diaryl/α,β-unsaturated/α-hetero) is 1. The first-order chi connectivity index (χ1) is 6.60. The van der Waals surface area contributed by atoms with Crippen molar-refractivity contribution in [2.24, 2.45) is 0 Å². The summed E-state index contributed by atoms with van der Waals surface area (Å²) in [5.74, 6) is 0.405. The largest absolute Gasteiger partial charge is 0.497 e. The predicted octanol–water partition coefficient (Wildman–Crippen LogP) is 2.53. The lowest BCUT2D eigenvalue weighted by molar-refractivity contribution is 0.101. The summed E-state index contributed by atoms with van der Waals surface area (Å²) in [5.41, 5.74) is 0.719. The van der Waals surface area contributed by atoms with Crippen molar-refractivity contribution in [2.45, 2.75) is 6.92 Å². The topological polar surface area (TPSA) is 50.1 Å². The molecule has 0 radical (unpaired) electrons. The maximum Gasteiger partial charge on any atom is 0.161 e. The summed E-state index contributed by atoms with van der Waals surface area (Å²) in [5, 5.41) is 8.84. The van der Waals surface area contributed by atoms with Crippen LogP contribution >= 0.6 is 15.9 Å². The summed E-state index contributed by atoms with van der Waals surface area (Å²) in [7, 11) is 1.51. The number of nitrogens with zero attached hydrogens (tertiary/aromatic N) is 1. The molecule has 0 saturated heterocycles. The third kappa shape index (κ3) is 1.94. The SMILES string of the molecule is COc1cc(Br)c(C#N)c(C(C)=O)c1. The third-order valence-corrected chi connectivity index (χ3v) is 2.42. The highest BCUT2D eigenvalue weighted by molar-refractivity contribution is 9.10. The Bertz CT molecular complexity index is 421. The molecule has 0 spiro atoms. The van der Waals surface area contributed by atoms with Gasteiger partial charge < -0.3 is 4.74 Å². The first-order valence-corrected chi connectivity index (χ1v) is 4.68. The van der Waals surface area contributed by atoms with E-state index in [1.807, 2.05) is 6.07 Å². The molecule has 0 unspecified atom stereocenters. The molecule has 72 valence electrons. The van der Waals surface area contributed by atoms with Gasteiger partial charge >= 0.3 is 0 Å². The predicted molar refractivity (Wildman–Crippen MR) is 55.4 cm³/mol. The molecule has 0 aliphatic rings. The normalized spacial score (nSPS) is 9.29. The average Bonchev–Trinajstić information content (AvgIpc) is 2.16. The summed E-state index contributed by atoms with van der Waals surface area (Å²) in [4.78, 5) is 11.2. The molecule has 0 fully saturated rings. The Hall–Kier alpha value is -1.34. The zero-order chi connectivity index (χ0) is 10.7. The second-order valence-electron chi connectivity index (χ2n) is 2.70. The number of ketones is 1. The van der Waals surface area contributed by atoms with E-state index in [0.29, 0.717) is 21.3 Å². The standard InChI is InChI=1S/C10H8BrNO2/c1-6(13)8-3-7(14-2)4-10(11)9(8)5-12/h3-4H,1-2H3. The van der Waals surface area contributed by atoms with Gasteiger partial charge in [0.15, 0.2) is 5.78 Å². The van der Waals surface area contributed by atoms with E-state index in [1.165, 1.54) is 14.0 Å². The van der Waals surface area contributed by atoms with Crippen LogP contribution < -0.4 is 4.74 Å². The number of benzene rings is 1. The van der Waals surface area contributed by atoms with Crippen molar-refractivity contribution in [2.75, 3.05) is 7.11 Å². The molecule has 0 atom stereocenters. The van der Waals surface area contributed by atoms with E-state index in [4.69, 9.17) is 10.00 Å². The summed E-state index contributed by atoms with van der Waals surface area (Å²) < 4.78 is 5.57. The summed E-state index contributed by atoms with van der Waals surface area (Å²) in [6.07, 6.45) is 0. The highest BCUT2D eigenvalue weighted by Gasteiger charge is 2.12. The molecule has 1 rings (SSSR count). The Morgan fingerprint density at radius 1 is 1.57 bits per heavy atom. The van der Waals surface area contributed by atoms with Gasteiger partial charge in [-0.25, -0.2) is 0 Å². The van der Waals surface area contributed by atoms with Crippen LogP contribution in [0.1, 0.15) is 22.8 Å². The van der Waals surface area contributed by atoms with E-state index in [1.54, 1.807) is 12.1 Å². The number of nitriles is 1. The molecule has 0 bridgehead atoms. The first-order valence-electron chi connectivity index (χ1n) is 3.88. The monoisotopic (exact) mass is 253 g/mol. The van der Waals surface area contributed by atoms with Gasteiger partial charge in [-0.05, 0) is 35.0 Å². The van der Waals surface area contributed by atoms with Crippen molar-refractivity contribution >= 4 is 21.7 Å². The molecule has 0 aromatic heterocycles. The van der Waals surface area contributed by atoms with E-state index in [9.17, 15) is 4.79 Å². The lowest BCUT2D eigenvalue weighted by Gasteiger charge is -2.05. The molecule has 0 amide bonds. The number of hydrogen-bond acceptors (Lipinski definition) is 3. The molecular weight excluding hydrogens is 246 g/mol. The molecule has 0 aliphatic heterocycles. The number of carbonyl (C=O) groups is 1. The van der Waals surface area contributed by atoms with E-state index >= 15 is 0 Å². The first kappa shape index (κ1) is 10.7. The van der Waals surface area contributed by atoms with Gasteiger partial charge in [0, 0.05) is 10.0 Å². The van der Waals surface area contributed by atoms with E-state index in [2.05, 4.69) is 15.9 Å². The molecule has 1 aromatic rings. The van der Waals surface area contributed by atoms with Crippen molar-refractivity contribution in [3.8, 4) is 11.8 Å². The van der Waals surface area contributed by atoms with Crippen molar-refractivity contribution < 1.29 is 9.53 Å². The molecular formula is C10H8BrNO2. The van der Waals surface area contributed by atoms with Gasteiger partial charge in [0.2, 0.25) is 0 Å². The van der Waals surface area contributed by atoms with Crippen LogP contribution in [0.2, 0.25) is 0 Å². The van der Waals surface area contributed by atoms with Crippen LogP contribution in [0.4, 0.5) is 0 Å². The van der Waals surface area contributed by atoms with E-state index < -0.39 is 0 Å². The summed E-state index contributed by atoms with van der Waals surface area (Å²) >= 11 is 3.21. The van der Waals surface area contributed by atoms with Gasteiger partial charge in [0.1, 0.15) is 11.8 Å². The molecule has 0 saturated carbocycles. The quantitative estimate of drug-likeness (QED) is 0.762. The second kappa shape index (κ2) is 4.25. The minimum Gasteiger partial charge on any atom is -0.497 e. The number of halogens is 1. The van der Waals surface area contributed by atoms with Gasteiger partial charge in [-0.3, -0.25) is 4.79 Å². The van der Waals surface area contributed by atoms with Gasteiger partial charge in [-0.2, -0.15) is 5.26 Å². The van der Waals surface area contributed by atoms with Crippen molar-refractivity contribution in [1.82, 2.24) is 0 Å². The van der Waals surface area contributed by atoms with Gasteiger partial charge in [0.25, 0.3) is 0 Å². The molecule has 0 aliphatic carbocycles. The fraction of sp³-hybridized carbons (Fsp3) is 0.200. The maximum absolute atomic E-state index is 11.2. The van der Waals surface area contributed by atoms with E-state index in [0.717, 1.165) is 0 Å². The Balaban J connectivity index is 3.45. The van der Waals surface area contributed by atoms with Gasteiger partial charge in [-0.15, -0.1) is 0 Å². The summed E-state index contributed by atoms with van der Waals surface area (Å²) in [6.45, 7) is 1.42. The fourth-order valence-corrected chi connectivity index (χ4v) is 1.62. The Morgan fingerprint density at radius 3 is 2.64 bits per heavy atom. The van der Waals surface area contributed by atoms with Gasteiger partial charge in [0.05, 0.1) is 12.7 Å².